The van der Waals surface area contributed by atoms with Crippen molar-refractivity contribution in [3.8, 4) is 0 Å². The van der Waals surface area contributed by atoms with Crippen LogP contribution in [0.5, 0.6) is 0 Å². The maximum atomic E-state index is 6.47. The summed E-state index contributed by atoms with van der Waals surface area (Å²) >= 11 is 5.30. The van der Waals surface area contributed by atoms with Crippen LogP contribution in [-0.4, -0.2) is 21.2 Å². The van der Waals surface area contributed by atoms with E-state index in [1.807, 2.05) is 0 Å². The van der Waals surface area contributed by atoms with E-state index in [4.69, 9.17) is 13.9 Å². The Hall–Kier alpha value is -0.503. The quantitative estimate of drug-likeness (QED) is 0.368. The maximum absolute atomic E-state index is 6.47. The van der Waals surface area contributed by atoms with Crippen molar-refractivity contribution in [2.75, 3.05) is 6.61 Å². The van der Waals surface area contributed by atoms with Crippen molar-refractivity contribution in [1.82, 2.24) is 0 Å². The smallest absolute Gasteiger partial charge is 0.192 e. The van der Waals surface area contributed by atoms with Crippen LogP contribution in [0.25, 0.3) is 0 Å². The molecule has 1 aromatic carbocycles. The van der Waals surface area contributed by atoms with E-state index in [2.05, 4.69) is 85.5 Å². The van der Waals surface area contributed by atoms with Crippen LogP contribution in [0.4, 0.5) is 0 Å². The van der Waals surface area contributed by atoms with Gasteiger partial charge in [0.05, 0.1) is 6.61 Å². The lowest BCUT2D eigenvalue weighted by molar-refractivity contribution is -0.180. The van der Waals surface area contributed by atoms with Crippen molar-refractivity contribution in [3.05, 3.63) is 56.2 Å². The predicted octanol–water partition coefficient (Wildman–Crippen LogP) is 7.67. The molecule has 2 aromatic rings. The summed E-state index contributed by atoms with van der Waals surface area (Å²) in [4.78, 5) is 1.19. The molecule has 29 heavy (non-hydrogen) atoms. The van der Waals surface area contributed by atoms with E-state index in [1.54, 1.807) is 11.3 Å². The standard InChI is InChI=1S/C23H33BrO3SSi/c1-23(2,3)29(4,5)26-15-17-9-8-10-18(13-17)22(20-14-19(24)16-28-20)27-21-11-6-7-12-25-21/h8-10,13-14,16,21-22H,6-7,11-12,15H2,1-5H3. The van der Waals surface area contributed by atoms with E-state index >= 15 is 0 Å². The van der Waals surface area contributed by atoms with Gasteiger partial charge in [0.25, 0.3) is 0 Å². The van der Waals surface area contributed by atoms with E-state index in [-0.39, 0.29) is 17.4 Å². The molecule has 0 saturated carbocycles. The third-order valence-electron chi connectivity index (χ3n) is 5.93. The molecule has 6 heteroatoms. The van der Waals surface area contributed by atoms with Crippen molar-refractivity contribution >= 4 is 35.6 Å². The second-order valence-corrected chi connectivity index (χ2v) is 15.9. The van der Waals surface area contributed by atoms with E-state index in [0.29, 0.717) is 6.61 Å². The van der Waals surface area contributed by atoms with Crippen molar-refractivity contribution in [1.29, 1.82) is 0 Å². The molecule has 3 rings (SSSR count). The van der Waals surface area contributed by atoms with Crippen LogP contribution in [-0.2, 0) is 20.5 Å². The monoisotopic (exact) mass is 496 g/mol. The van der Waals surface area contributed by atoms with Gasteiger partial charge in [-0.25, -0.2) is 0 Å². The molecule has 1 fully saturated rings. The lowest BCUT2D eigenvalue weighted by atomic mass is 10.0. The van der Waals surface area contributed by atoms with Crippen molar-refractivity contribution in [2.45, 2.75) is 77.2 Å². The molecule has 2 heterocycles. The number of benzene rings is 1. The molecule has 0 spiro atoms. The van der Waals surface area contributed by atoms with Gasteiger partial charge in [0.15, 0.2) is 14.6 Å². The summed E-state index contributed by atoms with van der Waals surface area (Å²) in [6, 6.07) is 10.8. The number of halogens is 1. The van der Waals surface area contributed by atoms with Crippen LogP contribution < -0.4 is 0 Å². The molecule has 0 bridgehead atoms. The summed E-state index contributed by atoms with van der Waals surface area (Å²) in [6.07, 6.45) is 2.97. The van der Waals surface area contributed by atoms with Gasteiger partial charge in [0.1, 0.15) is 6.10 Å². The maximum Gasteiger partial charge on any atom is 0.192 e. The Morgan fingerprint density at radius 3 is 2.66 bits per heavy atom. The summed E-state index contributed by atoms with van der Waals surface area (Å²) < 4.78 is 19.9. The van der Waals surface area contributed by atoms with Gasteiger partial charge in [-0.2, -0.15) is 0 Å². The molecule has 0 radical (unpaired) electrons. The molecule has 2 unspecified atom stereocenters. The van der Waals surface area contributed by atoms with Crippen LogP contribution in [0, 0.1) is 0 Å². The first kappa shape index (κ1) is 23.2. The minimum absolute atomic E-state index is 0.123. The summed E-state index contributed by atoms with van der Waals surface area (Å²) in [7, 11) is -1.78. The van der Waals surface area contributed by atoms with Crippen molar-refractivity contribution < 1.29 is 13.9 Å². The third-order valence-corrected chi connectivity index (χ3v) is 12.1. The lowest BCUT2D eigenvalue weighted by Gasteiger charge is -2.36. The Bertz CT molecular complexity index is 793. The van der Waals surface area contributed by atoms with Crippen LogP contribution in [0.3, 0.4) is 0 Å². The summed E-state index contributed by atoms with van der Waals surface area (Å²) in [5.41, 5.74) is 2.35. The fraction of sp³-hybridized carbons (Fsp3) is 0.565. The number of hydrogen-bond acceptors (Lipinski definition) is 4. The third kappa shape index (κ3) is 6.25. The molecular formula is C23H33BrO3SSi. The van der Waals surface area contributed by atoms with Gasteiger partial charge >= 0.3 is 0 Å². The first-order valence-corrected chi connectivity index (χ1v) is 15.0. The molecule has 1 aliphatic rings. The molecule has 1 aliphatic heterocycles. The van der Waals surface area contributed by atoms with Crippen molar-refractivity contribution in [2.24, 2.45) is 0 Å². The summed E-state index contributed by atoms with van der Waals surface area (Å²) in [5.74, 6) is 0. The van der Waals surface area contributed by atoms with Gasteiger partial charge in [-0.15, -0.1) is 11.3 Å². The molecule has 1 saturated heterocycles. The zero-order valence-electron chi connectivity index (χ0n) is 18.2. The van der Waals surface area contributed by atoms with Gasteiger partial charge in [-0.05, 0) is 70.5 Å². The Morgan fingerprint density at radius 1 is 1.24 bits per heavy atom. The van der Waals surface area contributed by atoms with Gasteiger partial charge in [-0.1, -0.05) is 45.0 Å². The topological polar surface area (TPSA) is 27.7 Å². The number of rotatable bonds is 7. The molecule has 160 valence electrons. The number of ether oxygens (including phenoxy) is 2. The Labute approximate surface area is 189 Å². The molecule has 2 atom stereocenters. The lowest BCUT2D eigenvalue weighted by Crippen LogP contribution is -2.40. The van der Waals surface area contributed by atoms with Crippen LogP contribution in [0.15, 0.2) is 40.2 Å². The van der Waals surface area contributed by atoms with Gasteiger partial charge in [-0.3, -0.25) is 0 Å². The predicted molar refractivity (Wildman–Crippen MR) is 127 cm³/mol. The molecule has 0 amide bonds. The first-order valence-electron chi connectivity index (χ1n) is 10.4. The zero-order chi connectivity index (χ0) is 21.1. The summed E-state index contributed by atoms with van der Waals surface area (Å²) in [6.45, 7) is 12.9. The highest BCUT2D eigenvalue weighted by Crippen LogP contribution is 2.38. The molecule has 1 aromatic heterocycles. The van der Waals surface area contributed by atoms with Crippen molar-refractivity contribution in [3.63, 3.8) is 0 Å². The Kier molecular flexibility index (Phi) is 7.79. The minimum atomic E-state index is -1.78. The summed E-state index contributed by atoms with van der Waals surface area (Å²) in [5, 5.41) is 2.32. The Morgan fingerprint density at radius 2 is 2.03 bits per heavy atom. The Balaban J connectivity index is 1.79. The van der Waals surface area contributed by atoms with Crippen LogP contribution in [0.1, 0.15) is 62.1 Å². The average molecular weight is 498 g/mol. The number of thiophene rings is 1. The fourth-order valence-corrected chi connectivity index (χ4v) is 5.54. The molecule has 0 N–H and O–H groups in total. The average Bonchev–Trinajstić information content (AvgIpc) is 3.11. The van der Waals surface area contributed by atoms with Crippen LogP contribution in [0.2, 0.25) is 18.1 Å². The van der Waals surface area contributed by atoms with Crippen LogP contribution >= 0.6 is 27.3 Å². The van der Waals surface area contributed by atoms with E-state index < -0.39 is 8.32 Å². The fourth-order valence-electron chi connectivity index (χ4n) is 3.07. The first-order chi connectivity index (χ1) is 13.7. The molecular weight excluding hydrogens is 464 g/mol. The second kappa shape index (κ2) is 9.75. The van der Waals surface area contributed by atoms with E-state index in [9.17, 15) is 0 Å². The highest BCUT2D eigenvalue weighted by atomic mass is 79.9. The minimum Gasteiger partial charge on any atom is -0.413 e. The zero-order valence-corrected chi connectivity index (χ0v) is 21.6. The number of hydrogen-bond donors (Lipinski definition) is 0. The van der Waals surface area contributed by atoms with E-state index in [1.165, 1.54) is 10.4 Å². The molecule has 3 nitrogen and oxygen atoms in total. The van der Waals surface area contributed by atoms with Gasteiger partial charge in [0.2, 0.25) is 0 Å². The van der Waals surface area contributed by atoms with Gasteiger partial charge < -0.3 is 13.9 Å². The second-order valence-electron chi connectivity index (χ2n) is 9.27. The highest BCUT2D eigenvalue weighted by molar-refractivity contribution is 9.10. The SMILES string of the molecule is CC(C)(C)[Si](C)(C)OCc1cccc(C(OC2CCCCO2)c2cc(Br)cs2)c1. The van der Waals surface area contributed by atoms with Gasteiger partial charge in [0, 0.05) is 21.3 Å². The highest BCUT2D eigenvalue weighted by Gasteiger charge is 2.37. The van der Waals surface area contributed by atoms with E-state index in [0.717, 1.165) is 35.9 Å². The largest absolute Gasteiger partial charge is 0.413 e. The normalized spacial score (nSPS) is 19.3. The molecule has 0 aliphatic carbocycles.